The van der Waals surface area contributed by atoms with Crippen LogP contribution in [0.25, 0.3) is 45.8 Å². The minimum atomic E-state index is 0.663. The van der Waals surface area contributed by atoms with Crippen molar-refractivity contribution in [3.63, 3.8) is 0 Å². The summed E-state index contributed by atoms with van der Waals surface area (Å²) in [4.78, 5) is 22.3. The van der Waals surface area contributed by atoms with Crippen LogP contribution in [0.2, 0.25) is 0 Å². The van der Waals surface area contributed by atoms with Gasteiger partial charge in [-0.15, -0.1) is 0 Å². The van der Waals surface area contributed by atoms with Crippen molar-refractivity contribution in [2.45, 2.75) is 0 Å². The molecular weight excluding hydrogens is 416 g/mol. The molecule has 2 heteroatoms. The fourth-order valence-corrected chi connectivity index (χ4v) is 4.39. The van der Waals surface area contributed by atoms with Gasteiger partial charge in [0.25, 0.3) is 0 Å². The summed E-state index contributed by atoms with van der Waals surface area (Å²) in [7, 11) is 0. The van der Waals surface area contributed by atoms with Crippen LogP contribution >= 0.6 is 0 Å². The maximum Gasteiger partial charge on any atom is 0.150 e. The molecule has 0 amide bonds. The van der Waals surface area contributed by atoms with Gasteiger partial charge < -0.3 is 0 Å². The molecule has 5 aromatic carbocycles. The second kappa shape index (κ2) is 9.51. The zero-order chi connectivity index (χ0) is 23.3. The molecule has 0 radical (unpaired) electrons. The van der Waals surface area contributed by atoms with E-state index in [2.05, 4.69) is 72.8 Å². The summed E-state index contributed by atoms with van der Waals surface area (Å²) in [6.45, 7) is 0. The van der Waals surface area contributed by atoms with Crippen molar-refractivity contribution in [3.8, 4) is 0 Å². The minimum absolute atomic E-state index is 0.663. The molecule has 0 spiro atoms. The summed E-state index contributed by atoms with van der Waals surface area (Å²) in [5.74, 6) is 0. The van der Waals surface area contributed by atoms with Gasteiger partial charge in [-0.2, -0.15) is 0 Å². The van der Waals surface area contributed by atoms with Crippen LogP contribution in [0, 0.1) is 0 Å². The maximum atomic E-state index is 11.2. The first-order valence-corrected chi connectivity index (χ1v) is 11.2. The first-order chi connectivity index (χ1) is 16.8. The Bertz CT molecular complexity index is 1410. The molecule has 0 saturated heterocycles. The number of fused-ring (bicyclic) bond motifs is 2. The highest BCUT2D eigenvalue weighted by Crippen LogP contribution is 2.35. The SMILES string of the molecule is O=Cc1cccc(/C=C/c2c3ccccc3c(/C=C/c3cccc(C=O)c3)c3ccccc23)c1. The molecule has 0 N–H and O–H groups in total. The van der Waals surface area contributed by atoms with E-state index in [-0.39, 0.29) is 0 Å². The molecule has 0 unspecified atom stereocenters. The maximum absolute atomic E-state index is 11.2. The number of carbonyl (C=O) groups excluding carboxylic acids is 2. The van der Waals surface area contributed by atoms with Crippen LogP contribution in [-0.2, 0) is 0 Å². The molecule has 0 aromatic heterocycles. The third kappa shape index (κ3) is 4.22. The minimum Gasteiger partial charge on any atom is -0.298 e. The van der Waals surface area contributed by atoms with E-state index in [1.165, 1.54) is 0 Å². The molecule has 0 atom stereocenters. The first-order valence-electron chi connectivity index (χ1n) is 11.2. The summed E-state index contributed by atoms with van der Waals surface area (Å²) in [5, 5.41) is 4.63. The normalized spacial score (nSPS) is 11.5. The fourth-order valence-electron chi connectivity index (χ4n) is 4.39. The first kappa shape index (κ1) is 21.3. The molecule has 0 fully saturated rings. The second-order valence-corrected chi connectivity index (χ2v) is 8.16. The Hall–Kier alpha value is -4.56. The molecular formula is C32H22O2. The van der Waals surface area contributed by atoms with Crippen LogP contribution in [-0.4, -0.2) is 12.6 Å². The molecule has 0 aliphatic rings. The Morgan fingerprint density at radius 3 is 1.09 bits per heavy atom. The molecule has 0 bridgehead atoms. The van der Waals surface area contributed by atoms with Gasteiger partial charge in [0.05, 0.1) is 0 Å². The van der Waals surface area contributed by atoms with Gasteiger partial charge >= 0.3 is 0 Å². The van der Waals surface area contributed by atoms with Gasteiger partial charge in [-0.25, -0.2) is 0 Å². The van der Waals surface area contributed by atoms with Crippen molar-refractivity contribution in [2.24, 2.45) is 0 Å². The lowest BCUT2D eigenvalue weighted by Gasteiger charge is -2.13. The third-order valence-electron chi connectivity index (χ3n) is 5.99. The van der Waals surface area contributed by atoms with Crippen molar-refractivity contribution in [3.05, 3.63) is 130 Å². The summed E-state index contributed by atoms with van der Waals surface area (Å²) in [6, 6.07) is 32.0. The summed E-state index contributed by atoms with van der Waals surface area (Å²) in [5.41, 5.74) is 5.58. The fraction of sp³-hybridized carbons (Fsp3) is 0. The van der Waals surface area contributed by atoms with Crippen molar-refractivity contribution < 1.29 is 9.59 Å². The van der Waals surface area contributed by atoms with E-state index < -0.39 is 0 Å². The van der Waals surface area contributed by atoms with Gasteiger partial charge in [0.2, 0.25) is 0 Å². The van der Waals surface area contributed by atoms with E-state index in [9.17, 15) is 9.59 Å². The quantitative estimate of drug-likeness (QED) is 0.153. The van der Waals surface area contributed by atoms with Gasteiger partial charge in [0, 0.05) is 11.1 Å². The highest BCUT2D eigenvalue weighted by Gasteiger charge is 2.10. The van der Waals surface area contributed by atoms with Crippen molar-refractivity contribution in [1.29, 1.82) is 0 Å². The zero-order valence-electron chi connectivity index (χ0n) is 18.5. The second-order valence-electron chi connectivity index (χ2n) is 8.16. The molecule has 162 valence electrons. The van der Waals surface area contributed by atoms with Crippen LogP contribution in [0.15, 0.2) is 97.1 Å². The number of rotatable bonds is 6. The topological polar surface area (TPSA) is 34.1 Å². The Morgan fingerprint density at radius 1 is 0.382 bits per heavy atom. The van der Waals surface area contributed by atoms with E-state index in [4.69, 9.17) is 0 Å². The lowest BCUT2D eigenvalue weighted by Crippen LogP contribution is -1.89. The lowest BCUT2D eigenvalue weighted by atomic mass is 9.90. The van der Waals surface area contributed by atoms with Gasteiger partial charge in [0.1, 0.15) is 12.6 Å². The number of hydrogen-bond donors (Lipinski definition) is 0. The Kier molecular flexibility index (Phi) is 5.96. The average Bonchev–Trinajstić information content (AvgIpc) is 2.90. The van der Waals surface area contributed by atoms with E-state index in [1.54, 1.807) is 12.1 Å². The smallest absolute Gasteiger partial charge is 0.150 e. The van der Waals surface area contributed by atoms with Gasteiger partial charge in [0.15, 0.2) is 0 Å². The van der Waals surface area contributed by atoms with Crippen molar-refractivity contribution in [2.75, 3.05) is 0 Å². The van der Waals surface area contributed by atoms with Gasteiger partial charge in [-0.05, 0) is 55.9 Å². The molecule has 5 rings (SSSR count). The van der Waals surface area contributed by atoms with Gasteiger partial charge in [-0.1, -0.05) is 109 Å². The van der Waals surface area contributed by atoms with E-state index in [0.717, 1.165) is 56.4 Å². The Labute approximate surface area is 198 Å². The average molecular weight is 439 g/mol. The van der Waals surface area contributed by atoms with E-state index in [1.807, 2.05) is 36.4 Å². The number of benzene rings is 5. The van der Waals surface area contributed by atoms with Crippen LogP contribution in [0.5, 0.6) is 0 Å². The molecule has 5 aromatic rings. The highest BCUT2D eigenvalue weighted by atomic mass is 16.1. The molecule has 0 saturated carbocycles. The Morgan fingerprint density at radius 2 is 0.735 bits per heavy atom. The van der Waals surface area contributed by atoms with Crippen molar-refractivity contribution >= 4 is 58.4 Å². The molecule has 0 aliphatic carbocycles. The van der Waals surface area contributed by atoms with Gasteiger partial charge in [-0.3, -0.25) is 9.59 Å². The van der Waals surface area contributed by atoms with Crippen molar-refractivity contribution in [1.82, 2.24) is 0 Å². The van der Waals surface area contributed by atoms with E-state index in [0.29, 0.717) is 11.1 Å². The predicted molar refractivity (Wildman–Crippen MR) is 143 cm³/mol. The predicted octanol–water partition coefficient (Wildman–Crippen LogP) is 7.96. The summed E-state index contributed by atoms with van der Waals surface area (Å²) in [6.07, 6.45) is 10.1. The zero-order valence-corrected chi connectivity index (χ0v) is 18.5. The monoisotopic (exact) mass is 438 g/mol. The Balaban J connectivity index is 1.69. The largest absolute Gasteiger partial charge is 0.298 e. The number of hydrogen-bond acceptors (Lipinski definition) is 2. The highest BCUT2D eigenvalue weighted by molar-refractivity contribution is 6.14. The molecule has 0 aliphatic heterocycles. The third-order valence-corrected chi connectivity index (χ3v) is 5.99. The van der Waals surface area contributed by atoms with E-state index >= 15 is 0 Å². The van der Waals surface area contributed by atoms with Crippen LogP contribution in [0.1, 0.15) is 43.0 Å². The number of aldehydes is 2. The van der Waals surface area contributed by atoms with Crippen LogP contribution < -0.4 is 0 Å². The molecule has 2 nitrogen and oxygen atoms in total. The molecule has 0 heterocycles. The number of carbonyl (C=O) groups is 2. The van der Waals surface area contributed by atoms with Crippen LogP contribution in [0.3, 0.4) is 0 Å². The summed E-state index contributed by atoms with van der Waals surface area (Å²) >= 11 is 0. The van der Waals surface area contributed by atoms with Crippen LogP contribution in [0.4, 0.5) is 0 Å². The summed E-state index contributed by atoms with van der Waals surface area (Å²) < 4.78 is 0. The molecule has 34 heavy (non-hydrogen) atoms. The lowest BCUT2D eigenvalue weighted by molar-refractivity contribution is 0.111. The standard InChI is InChI=1S/C32H22O2/c33-21-25-9-5-7-23(19-25)15-17-31-27-11-1-2-12-28(27)32(30-14-4-3-13-29(30)31)18-16-24-8-6-10-26(20-24)22-34/h1-22H/b17-15+,18-16+.